The average Bonchev–Trinajstić information content (AvgIpc) is 2.41. The number of hydrogen-bond donors (Lipinski definition) is 3. The quantitative estimate of drug-likeness (QED) is 0.365. The Hall–Kier alpha value is -1.02. The lowest BCUT2D eigenvalue weighted by Gasteiger charge is -2.24. The second-order valence-corrected chi connectivity index (χ2v) is 6.38. The Balaban J connectivity index is 0.00000484. The zero-order chi connectivity index (χ0) is 16.6. The fourth-order valence-electron chi connectivity index (χ4n) is 1.81. The topological polar surface area (TPSA) is 65.9 Å². The van der Waals surface area contributed by atoms with Gasteiger partial charge in [0.2, 0.25) is 0 Å². The van der Waals surface area contributed by atoms with Gasteiger partial charge in [-0.25, -0.2) is 0 Å². The highest BCUT2D eigenvalue weighted by molar-refractivity contribution is 14.0. The Labute approximate surface area is 156 Å². The number of aliphatic imine (C=N–C) groups is 1. The molecule has 0 heterocycles. The van der Waals surface area contributed by atoms with Crippen LogP contribution < -0.4 is 15.4 Å². The molecule has 23 heavy (non-hydrogen) atoms. The number of hydrogen-bond acceptors (Lipinski definition) is 3. The van der Waals surface area contributed by atoms with Crippen LogP contribution in [0.4, 0.5) is 0 Å². The summed E-state index contributed by atoms with van der Waals surface area (Å²) in [5, 5.41) is 16.5. The molecule has 0 spiro atoms. The van der Waals surface area contributed by atoms with E-state index in [4.69, 9.17) is 4.74 Å². The van der Waals surface area contributed by atoms with E-state index in [9.17, 15) is 5.11 Å². The molecule has 0 aliphatic heterocycles. The lowest BCUT2D eigenvalue weighted by Crippen LogP contribution is -2.48. The van der Waals surface area contributed by atoms with Crippen LogP contribution in [0, 0.1) is 6.92 Å². The lowest BCUT2D eigenvalue weighted by molar-refractivity contribution is 0.114. The number of aliphatic hydroxyl groups excluding tert-OH is 1. The van der Waals surface area contributed by atoms with E-state index < -0.39 is 6.10 Å². The first-order valence-corrected chi connectivity index (χ1v) is 7.74. The molecule has 0 saturated carbocycles. The number of nitrogens with zero attached hydrogens (tertiary/aromatic N) is 1. The molecule has 132 valence electrons. The van der Waals surface area contributed by atoms with Crippen molar-refractivity contribution in [2.75, 3.05) is 19.7 Å². The lowest BCUT2D eigenvalue weighted by atomic mass is 10.1. The highest BCUT2D eigenvalue weighted by Gasteiger charge is 2.12. The summed E-state index contributed by atoms with van der Waals surface area (Å²) in [4.78, 5) is 4.39. The molecule has 3 N–H and O–H groups in total. The van der Waals surface area contributed by atoms with E-state index in [0.29, 0.717) is 5.96 Å². The number of aliphatic hydroxyl groups is 1. The first-order chi connectivity index (χ1) is 10.3. The van der Waals surface area contributed by atoms with Crippen molar-refractivity contribution < 1.29 is 9.84 Å². The third-order valence-corrected chi connectivity index (χ3v) is 2.73. The minimum Gasteiger partial charge on any atom is -0.491 e. The van der Waals surface area contributed by atoms with Crippen LogP contribution in [-0.2, 0) is 0 Å². The minimum atomic E-state index is -0.643. The van der Waals surface area contributed by atoms with Gasteiger partial charge in [0.05, 0.1) is 6.54 Å². The first kappa shape index (κ1) is 22.0. The number of benzene rings is 1. The molecule has 0 radical (unpaired) electrons. The Kier molecular flexibility index (Phi) is 10.2. The van der Waals surface area contributed by atoms with Crippen LogP contribution in [0.15, 0.2) is 29.3 Å². The minimum absolute atomic E-state index is 0. The van der Waals surface area contributed by atoms with Crippen molar-refractivity contribution in [2.24, 2.45) is 4.99 Å². The van der Waals surface area contributed by atoms with Gasteiger partial charge in [-0.05, 0) is 52.3 Å². The maximum absolute atomic E-state index is 10.0. The maximum Gasteiger partial charge on any atom is 0.191 e. The van der Waals surface area contributed by atoms with Gasteiger partial charge >= 0.3 is 0 Å². The van der Waals surface area contributed by atoms with E-state index in [0.717, 1.165) is 17.9 Å². The summed E-state index contributed by atoms with van der Waals surface area (Å²) in [6.07, 6.45) is -0.643. The van der Waals surface area contributed by atoms with Gasteiger partial charge in [-0.3, -0.25) is 4.99 Å². The largest absolute Gasteiger partial charge is 0.491 e. The number of rotatable bonds is 6. The number of ether oxygens (including phenoxy) is 1. The van der Waals surface area contributed by atoms with Crippen LogP contribution >= 0.6 is 24.0 Å². The van der Waals surface area contributed by atoms with Crippen molar-refractivity contribution in [2.45, 2.75) is 46.3 Å². The highest BCUT2D eigenvalue weighted by atomic mass is 127. The zero-order valence-electron chi connectivity index (χ0n) is 14.7. The van der Waals surface area contributed by atoms with Crippen LogP contribution in [0.3, 0.4) is 0 Å². The summed E-state index contributed by atoms with van der Waals surface area (Å²) in [6.45, 7) is 11.5. The number of halogens is 1. The molecule has 1 atom stereocenters. The Bertz CT molecular complexity index is 487. The molecule has 6 heteroatoms. The number of nitrogens with one attached hydrogen (secondary N) is 2. The van der Waals surface area contributed by atoms with Crippen LogP contribution in [0.5, 0.6) is 5.75 Å². The summed E-state index contributed by atoms with van der Waals surface area (Å²) in [5.74, 6) is 1.47. The number of guanidine groups is 1. The average molecular weight is 435 g/mol. The molecule has 0 aliphatic rings. The molecule has 0 saturated heterocycles. The van der Waals surface area contributed by atoms with E-state index >= 15 is 0 Å². The van der Waals surface area contributed by atoms with Gasteiger partial charge in [-0.2, -0.15) is 0 Å². The predicted octanol–water partition coefficient (Wildman–Crippen LogP) is 2.71. The molecule has 0 aliphatic carbocycles. The molecule has 1 unspecified atom stereocenters. The van der Waals surface area contributed by atoms with Crippen LogP contribution in [-0.4, -0.2) is 42.4 Å². The van der Waals surface area contributed by atoms with Crippen LogP contribution in [0.25, 0.3) is 0 Å². The van der Waals surface area contributed by atoms with E-state index in [1.165, 1.54) is 0 Å². The molecule has 0 fully saturated rings. The fourth-order valence-corrected chi connectivity index (χ4v) is 1.81. The molecule has 1 rings (SSSR count). The Morgan fingerprint density at radius 2 is 2.04 bits per heavy atom. The monoisotopic (exact) mass is 435 g/mol. The molecule has 0 aromatic heterocycles. The first-order valence-electron chi connectivity index (χ1n) is 7.74. The summed E-state index contributed by atoms with van der Waals surface area (Å²) >= 11 is 0. The van der Waals surface area contributed by atoms with Crippen molar-refractivity contribution in [3.63, 3.8) is 0 Å². The summed E-state index contributed by atoms with van der Waals surface area (Å²) < 4.78 is 5.58. The molecular formula is C17H30IN3O2. The molecule has 0 bridgehead atoms. The third-order valence-electron chi connectivity index (χ3n) is 2.73. The van der Waals surface area contributed by atoms with Crippen molar-refractivity contribution in [3.05, 3.63) is 29.8 Å². The third kappa shape index (κ3) is 10.4. The molecule has 1 aromatic rings. The standard InChI is InChI=1S/C17H29N3O2.HI/c1-6-18-16(20-17(3,4)5)19-11-14(21)12-22-15-9-7-8-13(2)10-15;/h7-10,14,21H,6,11-12H2,1-5H3,(H2,18,19,20);1H. The van der Waals surface area contributed by atoms with Gasteiger partial charge < -0.3 is 20.5 Å². The Morgan fingerprint density at radius 3 is 2.61 bits per heavy atom. The summed E-state index contributed by atoms with van der Waals surface area (Å²) in [5.41, 5.74) is 1.05. The van der Waals surface area contributed by atoms with Crippen LogP contribution in [0.2, 0.25) is 0 Å². The van der Waals surface area contributed by atoms with Crippen molar-refractivity contribution in [1.82, 2.24) is 10.6 Å². The van der Waals surface area contributed by atoms with Gasteiger partial charge in [0.15, 0.2) is 5.96 Å². The zero-order valence-corrected chi connectivity index (χ0v) is 17.0. The molecule has 5 nitrogen and oxygen atoms in total. The number of aryl methyl sites for hydroxylation is 1. The van der Waals surface area contributed by atoms with Crippen molar-refractivity contribution in [3.8, 4) is 5.75 Å². The fraction of sp³-hybridized carbons (Fsp3) is 0.588. The molecular weight excluding hydrogens is 405 g/mol. The van der Waals surface area contributed by atoms with Crippen LogP contribution in [0.1, 0.15) is 33.3 Å². The summed E-state index contributed by atoms with van der Waals surface area (Å²) in [7, 11) is 0. The summed E-state index contributed by atoms with van der Waals surface area (Å²) in [6, 6.07) is 7.77. The maximum atomic E-state index is 10.0. The smallest absolute Gasteiger partial charge is 0.191 e. The Morgan fingerprint density at radius 1 is 1.35 bits per heavy atom. The normalized spacial score (nSPS) is 13.0. The van der Waals surface area contributed by atoms with Gasteiger partial charge in [-0.1, -0.05) is 12.1 Å². The van der Waals surface area contributed by atoms with Gasteiger partial charge in [0.25, 0.3) is 0 Å². The van der Waals surface area contributed by atoms with E-state index in [-0.39, 0.29) is 42.7 Å². The van der Waals surface area contributed by atoms with Crippen molar-refractivity contribution >= 4 is 29.9 Å². The second kappa shape index (κ2) is 10.7. The SMILES string of the molecule is CCNC(=NCC(O)COc1cccc(C)c1)NC(C)(C)C.I. The van der Waals surface area contributed by atoms with Gasteiger partial charge in [0.1, 0.15) is 18.5 Å². The van der Waals surface area contributed by atoms with Gasteiger partial charge in [0, 0.05) is 12.1 Å². The molecule has 0 amide bonds. The van der Waals surface area contributed by atoms with Crippen molar-refractivity contribution in [1.29, 1.82) is 0 Å². The predicted molar refractivity (Wildman–Crippen MR) is 107 cm³/mol. The molecule has 1 aromatic carbocycles. The van der Waals surface area contributed by atoms with Gasteiger partial charge in [-0.15, -0.1) is 24.0 Å². The second-order valence-electron chi connectivity index (χ2n) is 6.38. The van der Waals surface area contributed by atoms with E-state index in [1.54, 1.807) is 0 Å². The highest BCUT2D eigenvalue weighted by Crippen LogP contribution is 2.12. The van der Waals surface area contributed by atoms with E-state index in [1.807, 2.05) is 38.1 Å². The van der Waals surface area contributed by atoms with E-state index in [2.05, 4.69) is 36.4 Å².